The number of amides is 1. The second-order valence-electron chi connectivity index (χ2n) is 4.61. The average Bonchev–Trinajstić information content (AvgIpc) is 2.44. The van der Waals surface area contributed by atoms with Crippen molar-refractivity contribution in [3.8, 4) is 0 Å². The summed E-state index contributed by atoms with van der Waals surface area (Å²) in [4.78, 5) is 16.1. The highest BCUT2D eigenvalue weighted by atomic mass is 32.2. The third-order valence-electron chi connectivity index (χ3n) is 3.01. The molecule has 0 fully saturated rings. The number of nitrogens with one attached hydrogen (secondary N) is 1. The van der Waals surface area contributed by atoms with E-state index in [-0.39, 0.29) is 5.91 Å². The van der Waals surface area contributed by atoms with E-state index < -0.39 is 0 Å². The molecule has 2 rings (SSSR count). The van der Waals surface area contributed by atoms with Crippen LogP contribution in [0.1, 0.15) is 17.5 Å². The minimum atomic E-state index is 0.0386. The van der Waals surface area contributed by atoms with Crippen LogP contribution >= 0.6 is 11.8 Å². The molecule has 1 aromatic heterocycles. The lowest BCUT2D eigenvalue weighted by Gasteiger charge is -2.07. The highest BCUT2D eigenvalue weighted by Gasteiger charge is 2.04. The van der Waals surface area contributed by atoms with Gasteiger partial charge in [-0.15, -0.1) is 11.8 Å². The number of benzene rings is 1. The van der Waals surface area contributed by atoms with Crippen LogP contribution in [0.5, 0.6) is 0 Å². The van der Waals surface area contributed by atoms with Gasteiger partial charge in [0.15, 0.2) is 0 Å². The Morgan fingerprint density at radius 1 is 1.20 bits per heavy atom. The monoisotopic (exact) mass is 286 g/mol. The number of anilines is 1. The number of carbonyl (C=O) groups is 1. The second-order valence-corrected chi connectivity index (χ2v) is 5.73. The number of nitrogens with zero attached hydrogens (tertiary/aromatic N) is 1. The van der Waals surface area contributed by atoms with Gasteiger partial charge >= 0.3 is 0 Å². The summed E-state index contributed by atoms with van der Waals surface area (Å²) in [6.07, 6.45) is 2.24. The first-order valence-corrected chi connectivity index (χ1v) is 7.54. The van der Waals surface area contributed by atoms with E-state index in [0.717, 1.165) is 16.5 Å². The van der Waals surface area contributed by atoms with E-state index in [2.05, 4.69) is 17.2 Å². The average molecular weight is 286 g/mol. The first kappa shape index (κ1) is 14.6. The summed E-state index contributed by atoms with van der Waals surface area (Å²) in [6.45, 7) is 4.10. The Morgan fingerprint density at radius 2 is 2.05 bits per heavy atom. The van der Waals surface area contributed by atoms with Crippen LogP contribution in [-0.2, 0) is 4.79 Å². The highest BCUT2D eigenvalue weighted by molar-refractivity contribution is 7.99. The maximum Gasteiger partial charge on any atom is 0.225 e. The molecule has 20 heavy (non-hydrogen) atoms. The molecule has 1 amide bonds. The topological polar surface area (TPSA) is 42.0 Å². The van der Waals surface area contributed by atoms with Gasteiger partial charge in [-0.05, 0) is 49.2 Å². The third kappa shape index (κ3) is 4.38. The third-order valence-corrected chi connectivity index (χ3v) is 3.95. The molecule has 3 nitrogen and oxygen atoms in total. The van der Waals surface area contributed by atoms with E-state index >= 15 is 0 Å². The van der Waals surface area contributed by atoms with E-state index in [0.29, 0.717) is 6.42 Å². The molecular formula is C16H18N2OS. The van der Waals surface area contributed by atoms with E-state index in [9.17, 15) is 4.79 Å². The van der Waals surface area contributed by atoms with Gasteiger partial charge in [0.1, 0.15) is 0 Å². The highest BCUT2D eigenvalue weighted by Crippen LogP contribution is 2.17. The first-order chi connectivity index (χ1) is 9.65. The van der Waals surface area contributed by atoms with E-state index in [1.807, 2.05) is 43.3 Å². The van der Waals surface area contributed by atoms with Gasteiger partial charge in [-0.1, -0.05) is 12.1 Å². The molecule has 0 bridgehead atoms. The largest absolute Gasteiger partial charge is 0.326 e. The molecule has 0 aliphatic rings. The number of aromatic nitrogens is 1. The summed E-state index contributed by atoms with van der Waals surface area (Å²) in [6, 6.07) is 11.7. The Kier molecular flexibility index (Phi) is 5.18. The molecule has 0 radical (unpaired) electrons. The first-order valence-electron chi connectivity index (χ1n) is 6.56. The second kappa shape index (κ2) is 7.10. The van der Waals surface area contributed by atoms with Crippen molar-refractivity contribution >= 4 is 23.4 Å². The smallest absolute Gasteiger partial charge is 0.225 e. The van der Waals surface area contributed by atoms with Crippen LogP contribution in [0.15, 0.2) is 47.6 Å². The lowest BCUT2D eigenvalue weighted by molar-refractivity contribution is -0.115. The maximum atomic E-state index is 11.9. The van der Waals surface area contributed by atoms with Crippen LogP contribution in [0.25, 0.3) is 0 Å². The number of rotatable bonds is 5. The Balaban J connectivity index is 1.79. The molecule has 4 heteroatoms. The van der Waals surface area contributed by atoms with Gasteiger partial charge in [0.25, 0.3) is 0 Å². The molecule has 0 spiro atoms. The molecule has 0 saturated heterocycles. The number of hydrogen-bond donors (Lipinski definition) is 1. The van der Waals surface area contributed by atoms with Crippen molar-refractivity contribution in [1.82, 2.24) is 4.98 Å². The van der Waals surface area contributed by atoms with Gasteiger partial charge in [-0.3, -0.25) is 4.79 Å². The lowest BCUT2D eigenvalue weighted by Crippen LogP contribution is -2.12. The fourth-order valence-corrected chi connectivity index (χ4v) is 2.53. The molecular weight excluding hydrogens is 268 g/mol. The Hall–Kier alpha value is -1.81. The van der Waals surface area contributed by atoms with Crippen LogP contribution in [-0.4, -0.2) is 16.6 Å². The molecule has 2 aromatic rings. The fraction of sp³-hybridized carbons (Fsp3) is 0.250. The Labute approximate surface area is 123 Å². The fourth-order valence-electron chi connectivity index (χ4n) is 1.72. The Morgan fingerprint density at radius 3 is 2.75 bits per heavy atom. The number of carbonyl (C=O) groups excluding carboxylic acids is 1. The molecule has 0 atom stereocenters. The summed E-state index contributed by atoms with van der Waals surface area (Å²) < 4.78 is 0. The molecule has 1 N–H and O–H groups in total. The van der Waals surface area contributed by atoms with Gasteiger partial charge in [0.05, 0.1) is 5.03 Å². The predicted octanol–water partition coefficient (Wildman–Crippen LogP) is 3.82. The number of thioether (sulfide) groups is 1. The van der Waals surface area contributed by atoms with Crippen LogP contribution in [0.3, 0.4) is 0 Å². The van der Waals surface area contributed by atoms with Crippen molar-refractivity contribution in [2.24, 2.45) is 0 Å². The van der Waals surface area contributed by atoms with E-state index in [1.54, 1.807) is 18.0 Å². The van der Waals surface area contributed by atoms with Crippen molar-refractivity contribution in [2.45, 2.75) is 25.3 Å². The maximum absolute atomic E-state index is 11.9. The Bertz CT molecular complexity index is 584. The quantitative estimate of drug-likeness (QED) is 0.850. The normalized spacial score (nSPS) is 10.3. The summed E-state index contributed by atoms with van der Waals surface area (Å²) >= 11 is 1.59. The molecule has 104 valence electrons. The zero-order valence-corrected chi connectivity index (χ0v) is 12.5. The van der Waals surface area contributed by atoms with Gasteiger partial charge in [-0.25, -0.2) is 4.98 Å². The zero-order valence-electron chi connectivity index (χ0n) is 11.7. The van der Waals surface area contributed by atoms with Crippen molar-refractivity contribution in [1.29, 1.82) is 0 Å². The predicted molar refractivity (Wildman–Crippen MR) is 84.1 cm³/mol. The van der Waals surface area contributed by atoms with Gasteiger partial charge < -0.3 is 5.32 Å². The van der Waals surface area contributed by atoms with E-state index in [4.69, 9.17) is 0 Å². The summed E-state index contributed by atoms with van der Waals surface area (Å²) in [7, 11) is 0. The van der Waals surface area contributed by atoms with Crippen LogP contribution in [0.2, 0.25) is 0 Å². The van der Waals surface area contributed by atoms with Crippen molar-refractivity contribution in [3.05, 3.63) is 53.7 Å². The molecule has 0 saturated carbocycles. The SMILES string of the molecule is Cc1ccc(NC(=O)CCSc2ccccn2)cc1C. The van der Waals surface area contributed by atoms with Crippen LogP contribution < -0.4 is 5.32 Å². The van der Waals surface area contributed by atoms with Gasteiger partial charge in [0.2, 0.25) is 5.91 Å². The minimum Gasteiger partial charge on any atom is -0.326 e. The number of aryl methyl sites for hydroxylation is 2. The van der Waals surface area contributed by atoms with Gasteiger partial charge in [0, 0.05) is 24.1 Å². The van der Waals surface area contributed by atoms with Crippen LogP contribution in [0, 0.1) is 13.8 Å². The van der Waals surface area contributed by atoms with Crippen molar-refractivity contribution in [2.75, 3.05) is 11.1 Å². The van der Waals surface area contributed by atoms with Crippen LogP contribution in [0.4, 0.5) is 5.69 Å². The summed E-state index contributed by atoms with van der Waals surface area (Å²) in [5.41, 5.74) is 3.28. The van der Waals surface area contributed by atoms with Crippen molar-refractivity contribution < 1.29 is 4.79 Å². The van der Waals surface area contributed by atoms with E-state index in [1.165, 1.54) is 11.1 Å². The molecule has 1 heterocycles. The lowest BCUT2D eigenvalue weighted by atomic mass is 10.1. The molecule has 1 aromatic carbocycles. The van der Waals surface area contributed by atoms with Crippen molar-refractivity contribution in [3.63, 3.8) is 0 Å². The number of pyridine rings is 1. The number of hydrogen-bond acceptors (Lipinski definition) is 3. The summed E-state index contributed by atoms with van der Waals surface area (Å²) in [5.74, 6) is 0.768. The zero-order chi connectivity index (χ0) is 14.4. The van der Waals surface area contributed by atoms with Gasteiger partial charge in [-0.2, -0.15) is 0 Å². The standard InChI is InChI=1S/C16H18N2OS/c1-12-6-7-14(11-13(12)2)18-15(19)8-10-20-16-5-3-4-9-17-16/h3-7,9,11H,8,10H2,1-2H3,(H,18,19). The molecule has 0 unspecified atom stereocenters. The molecule has 0 aliphatic heterocycles. The minimum absolute atomic E-state index is 0.0386. The summed E-state index contributed by atoms with van der Waals surface area (Å²) in [5, 5.41) is 3.87. The molecule has 0 aliphatic carbocycles.